The predicted molar refractivity (Wildman–Crippen MR) is 76.9 cm³/mol. The highest BCUT2D eigenvalue weighted by molar-refractivity contribution is 6.31. The van der Waals surface area contributed by atoms with E-state index in [2.05, 4.69) is 5.32 Å². The number of nitrogens with zero attached hydrogens (tertiary/aromatic N) is 1. The zero-order valence-corrected chi connectivity index (χ0v) is 11.2. The molecule has 8 heteroatoms. The van der Waals surface area contributed by atoms with E-state index in [1.54, 1.807) is 0 Å². The second-order valence-electron chi connectivity index (χ2n) is 4.15. The molecule has 0 fully saturated rings. The molecule has 0 heterocycles. The van der Waals surface area contributed by atoms with Gasteiger partial charge in [-0.25, -0.2) is 0 Å². The van der Waals surface area contributed by atoms with Gasteiger partial charge in [0, 0.05) is 28.0 Å². The molecule has 0 spiro atoms. The van der Waals surface area contributed by atoms with Crippen LogP contribution in [-0.2, 0) is 0 Å². The maximum Gasteiger partial charge on any atom is 0.306 e. The van der Waals surface area contributed by atoms with Gasteiger partial charge in [0.15, 0.2) is 0 Å². The molecule has 2 rings (SSSR count). The number of nitrogen functional groups attached to an aromatic ring is 1. The van der Waals surface area contributed by atoms with Crippen molar-refractivity contribution >= 4 is 34.6 Å². The van der Waals surface area contributed by atoms with Crippen molar-refractivity contribution in [1.82, 2.24) is 0 Å². The second-order valence-corrected chi connectivity index (χ2v) is 4.59. The smallest absolute Gasteiger partial charge is 0.306 e. The Bertz CT molecular complexity index is 716. The largest absolute Gasteiger partial charge is 0.399 e. The van der Waals surface area contributed by atoms with Crippen LogP contribution in [0.2, 0.25) is 5.02 Å². The SMILES string of the molecule is Nc1cc(Cl)cc(C(=O)Nc2ccc(F)c([N+](=O)[O-])c2)c1. The summed E-state index contributed by atoms with van der Waals surface area (Å²) in [4.78, 5) is 21.8. The van der Waals surface area contributed by atoms with E-state index in [0.29, 0.717) is 5.69 Å². The highest BCUT2D eigenvalue weighted by atomic mass is 35.5. The second kappa shape index (κ2) is 5.76. The van der Waals surface area contributed by atoms with E-state index in [1.807, 2.05) is 0 Å². The molecular formula is C13H9ClFN3O3. The van der Waals surface area contributed by atoms with Crippen LogP contribution in [0.15, 0.2) is 36.4 Å². The van der Waals surface area contributed by atoms with Gasteiger partial charge >= 0.3 is 5.69 Å². The third-order valence-corrected chi connectivity index (χ3v) is 2.80. The first-order chi connectivity index (χ1) is 9.86. The van der Waals surface area contributed by atoms with Crippen LogP contribution in [-0.4, -0.2) is 10.8 Å². The van der Waals surface area contributed by atoms with Crippen molar-refractivity contribution in [3.05, 3.63) is 62.9 Å². The van der Waals surface area contributed by atoms with Gasteiger partial charge in [0.25, 0.3) is 5.91 Å². The number of carbonyl (C=O) groups excluding carboxylic acids is 1. The van der Waals surface area contributed by atoms with E-state index in [1.165, 1.54) is 24.3 Å². The predicted octanol–water partition coefficient (Wildman–Crippen LogP) is 3.22. The maximum absolute atomic E-state index is 13.2. The number of hydrogen-bond donors (Lipinski definition) is 2. The number of hydrogen-bond acceptors (Lipinski definition) is 4. The lowest BCUT2D eigenvalue weighted by molar-refractivity contribution is -0.387. The summed E-state index contributed by atoms with van der Waals surface area (Å²) >= 11 is 5.79. The number of nitro benzene ring substituents is 1. The van der Waals surface area contributed by atoms with E-state index >= 15 is 0 Å². The summed E-state index contributed by atoms with van der Waals surface area (Å²) in [5, 5.41) is 13.3. The molecule has 0 aromatic heterocycles. The number of halogens is 2. The third kappa shape index (κ3) is 3.46. The maximum atomic E-state index is 13.2. The number of benzene rings is 2. The fourth-order valence-corrected chi connectivity index (χ4v) is 1.92. The first-order valence-electron chi connectivity index (χ1n) is 5.68. The quantitative estimate of drug-likeness (QED) is 0.516. The third-order valence-electron chi connectivity index (χ3n) is 2.58. The zero-order valence-electron chi connectivity index (χ0n) is 10.5. The van der Waals surface area contributed by atoms with Gasteiger partial charge in [0.05, 0.1) is 4.92 Å². The standard InChI is InChI=1S/C13H9ClFN3O3/c14-8-3-7(4-9(16)5-8)13(19)17-10-1-2-11(15)12(6-10)18(20)21/h1-6H,16H2,(H,17,19). The highest BCUT2D eigenvalue weighted by Crippen LogP contribution is 2.23. The Morgan fingerprint density at radius 2 is 2.00 bits per heavy atom. The first kappa shape index (κ1) is 14.7. The molecule has 2 aromatic carbocycles. The Morgan fingerprint density at radius 3 is 2.62 bits per heavy atom. The Kier molecular flexibility index (Phi) is 4.04. The van der Waals surface area contributed by atoms with Crippen LogP contribution in [0.1, 0.15) is 10.4 Å². The number of nitro groups is 1. The van der Waals surface area contributed by atoms with E-state index in [-0.39, 0.29) is 16.3 Å². The van der Waals surface area contributed by atoms with Gasteiger partial charge < -0.3 is 11.1 Å². The van der Waals surface area contributed by atoms with Gasteiger partial charge in [0.2, 0.25) is 5.82 Å². The van der Waals surface area contributed by atoms with Gasteiger partial charge in [-0.1, -0.05) is 11.6 Å². The Balaban J connectivity index is 2.27. The summed E-state index contributed by atoms with van der Waals surface area (Å²) in [5.41, 5.74) is 5.43. The van der Waals surface area contributed by atoms with Gasteiger partial charge in [-0.3, -0.25) is 14.9 Å². The van der Waals surface area contributed by atoms with Crippen LogP contribution in [0.4, 0.5) is 21.5 Å². The van der Waals surface area contributed by atoms with Crippen molar-refractivity contribution < 1.29 is 14.1 Å². The van der Waals surface area contributed by atoms with E-state index in [9.17, 15) is 19.3 Å². The molecule has 0 atom stereocenters. The number of nitrogens with two attached hydrogens (primary N) is 1. The van der Waals surface area contributed by atoms with Gasteiger partial charge in [-0.05, 0) is 30.3 Å². The monoisotopic (exact) mass is 309 g/mol. The molecule has 6 nitrogen and oxygen atoms in total. The Labute approximate surface area is 123 Å². The molecule has 0 saturated carbocycles. The van der Waals surface area contributed by atoms with Gasteiger partial charge in [-0.15, -0.1) is 0 Å². The van der Waals surface area contributed by atoms with Gasteiger partial charge in [0.1, 0.15) is 0 Å². The lowest BCUT2D eigenvalue weighted by Gasteiger charge is -2.06. The summed E-state index contributed by atoms with van der Waals surface area (Å²) in [6.07, 6.45) is 0. The molecule has 0 unspecified atom stereocenters. The van der Waals surface area contributed by atoms with Gasteiger partial charge in [-0.2, -0.15) is 4.39 Å². The van der Waals surface area contributed by atoms with Crippen LogP contribution >= 0.6 is 11.6 Å². The average Bonchev–Trinajstić information content (AvgIpc) is 2.39. The number of nitrogens with one attached hydrogen (secondary N) is 1. The molecule has 2 aromatic rings. The number of carbonyl (C=O) groups is 1. The average molecular weight is 310 g/mol. The molecule has 3 N–H and O–H groups in total. The molecular weight excluding hydrogens is 301 g/mol. The molecule has 108 valence electrons. The number of anilines is 2. The number of amides is 1. The van der Waals surface area contributed by atoms with E-state index in [0.717, 1.165) is 12.1 Å². The minimum absolute atomic E-state index is 0.0895. The van der Waals surface area contributed by atoms with Crippen molar-refractivity contribution in [2.75, 3.05) is 11.1 Å². The minimum Gasteiger partial charge on any atom is -0.399 e. The zero-order chi connectivity index (χ0) is 15.6. The van der Waals surface area contributed by atoms with E-state index in [4.69, 9.17) is 17.3 Å². The summed E-state index contributed by atoms with van der Waals surface area (Å²) in [6.45, 7) is 0. The first-order valence-corrected chi connectivity index (χ1v) is 6.06. The van der Waals surface area contributed by atoms with Crippen LogP contribution in [0.25, 0.3) is 0 Å². The molecule has 21 heavy (non-hydrogen) atoms. The highest BCUT2D eigenvalue weighted by Gasteiger charge is 2.16. The van der Waals surface area contributed by atoms with Crippen LogP contribution < -0.4 is 11.1 Å². The Morgan fingerprint density at radius 1 is 1.29 bits per heavy atom. The minimum atomic E-state index is -0.981. The van der Waals surface area contributed by atoms with Crippen LogP contribution in [0.3, 0.4) is 0 Å². The summed E-state index contributed by atoms with van der Waals surface area (Å²) < 4.78 is 13.2. The van der Waals surface area contributed by atoms with Crippen LogP contribution in [0.5, 0.6) is 0 Å². The van der Waals surface area contributed by atoms with E-state index < -0.39 is 22.3 Å². The van der Waals surface area contributed by atoms with Crippen molar-refractivity contribution in [3.63, 3.8) is 0 Å². The van der Waals surface area contributed by atoms with Crippen molar-refractivity contribution in [1.29, 1.82) is 0 Å². The number of rotatable bonds is 3. The molecule has 1 amide bonds. The molecule has 0 saturated heterocycles. The van der Waals surface area contributed by atoms with Crippen molar-refractivity contribution in [3.8, 4) is 0 Å². The lowest BCUT2D eigenvalue weighted by Crippen LogP contribution is -2.12. The fraction of sp³-hybridized carbons (Fsp3) is 0. The molecule has 0 bridgehead atoms. The molecule has 0 radical (unpaired) electrons. The fourth-order valence-electron chi connectivity index (χ4n) is 1.68. The van der Waals surface area contributed by atoms with Crippen LogP contribution in [0, 0.1) is 15.9 Å². The van der Waals surface area contributed by atoms with Crippen molar-refractivity contribution in [2.45, 2.75) is 0 Å². The molecule has 0 aliphatic rings. The normalized spacial score (nSPS) is 10.2. The summed E-state index contributed by atoms with van der Waals surface area (Å²) in [6, 6.07) is 7.32. The Hall–Kier alpha value is -2.67. The van der Waals surface area contributed by atoms with Crippen molar-refractivity contribution in [2.24, 2.45) is 0 Å². The summed E-state index contributed by atoms with van der Waals surface area (Å²) in [7, 11) is 0. The summed E-state index contributed by atoms with van der Waals surface area (Å²) in [5.74, 6) is -1.55. The molecule has 0 aliphatic carbocycles. The lowest BCUT2D eigenvalue weighted by atomic mass is 10.2. The molecule has 0 aliphatic heterocycles. The topological polar surface area (TPSA) is 98.3 Å².